The highest BCUT2D eigenvalue weighted by molar-refractivity contribution is 5.74. The quantitative estimate of drug-likeness (QED) is 0.671. The Hall–Kier alpha value is -2.08. The molecule has 1 amide bonds. The van der Waals surface area contributed by atoms with Crippen LogP contribution in [0.3, 0.4) is 0 Å². The first kappa shape index (κ1) is 21.0. The number of carbonyl (C=O) groups excluding carboxylic acids is 1. The van der Waals surface area contributed by atoms with Gasteiger partial charge in [-0.3, -0.25) is 4.79 Å². The first-order valence-electron chi connectivity index (χ1n) is 8.58. The molecule has 1 rings (SSSR count). The lowest BCUT2D eigenvalue weighted by Crippen LogP contribution is -2.50. The molecule has 0 aliphatic carbocycles. The molecule has 0 fully saturated rings. The van der Waals surface area contributed by atoms with Crippen LogP contribution < -0.4 is 10.6 Å². The van der Waals surface area contributed by atoms with Crippen molar-refractivity contribution in [3.05, 3.63) is 35.9 Å². The number of amides is 1. The Bertz CT molecular complexity index is 552. The molecule has 1 aromatic rings. The number of alkyl carbamates (subject to hydrolysis) is 1. The average Bonchev–Trinajstić information content (AvgIpc) is 2.48. The van der Waals surface area contributed by atoms with Crippen LogP contribution in [-0.4, -0.2) is 41.4 Å². The molecular formula is C19H30N2O4. The second-order valence-electron chi connectivity index (χ2n) is 7.49. The second-order valence-corrected chi connectivity index (χ2v) is 7.49. The number of carboxylic acids is 1. The molecule has 0 aliphatic rings. The summed E-state index contributed by atoms with van der Waals surface area (Å²) in [4.78, 5) is 23.5. The molecule has 3 N–H and O–H groups in total. The van der Waals surface area contributed by atoms with Gasteiger partial charge < -0.3 is 20.5 Å². The zero-order valence-corrected chi connectivity index (χ0v) is 15.7. The first-order valence-corrected chi connectivity index (χ1v) is 8.58. The van der Waals surface area contributed by atoms with Crippen molar-refractivity contribution in [2.24, 2.45) is 5.92 Å². The molecule has 1 aromatic carbocycles. The topological polar surface area (TPSA) is 87.7 Å². The molecule has 0 radical (unpaired) electrons. The Morgan fingerprint density at radius 3 is 2.24 bits per heavy atom. The van der Waals surface area contributed by atoms with Crippen LogP contribution in [0.25, 0.3) is 0 Å². The van der Waals surface area contributed by atoms with Gasteiger partial charge in [0.15, 0.2) is 0 Å². The predicted molar refractivity (Wildman–Crippen MR) is 97.6 cm³/mol. The van der Waals surface area contributed by atoms with Crippen molar-refractivity contribution < 1.29 is 19.4 Å². The lowest BCUT2D eigenvalue weighted by atomic mass is 10.0. The average molecular weight is 350 g/mol. The zero-order chi connectivity index (χ0) is 19.0. The van der Waals surface area contributed by atoms with Gasteiger partial charge in [-0.2, -0.15) is 0 Å². The fourth-order valence-electron chi connectivity index (χ4n) is 2.28. The number of hydrogen-bond acceptors (Lipinski definition) is 4. The smallest absolute Gasteiger partial charge is 0.407 e. The number of carboxylic acid groups (broad SMARTS) is 1. The Morgan fingerprint density at radius 2 is 1.76 bits per heavy atom. The summed E-state index contributed by atoms with van der Waals surface area (Å²) in [6.07, 6.45) is -0.115. The Labute approximate surface area is 150 Å². The third kappa shape index (κ3) is 8.54. The highest BCUT2D eigenvalue weighted by atomic mass is 16.6. The molecular weight excluding hydrogens is 320 g/mol. The maximum atomic E-state index is 12.0. The van der Waals surface area contributed by atoms with Crippen LogP contribution in [-0.2, 0) is 16.0 Å². The van der Waals surface area contributed by atoms with E-state index < -0.39 is 23.7 Å². The number of aliphatic carboxylic acids is 1. The van der Waals surface area contributed by atoms with Crippen molar-refractivity contribution in [2.45, 2.75) is 58.7 Å². The molecule has 0 saturated heterocycles. The molecule has 0 aliphatic heterocycles. The molecule has 140 valence electrons. The largest absolute Gasteiger partial charge is 0.480 e. The normalized spacial score (nSPS) is 14.0. The van der Waals surface area contributed by atoms with Gasteiger partial charge in [0.2, 0.25) is 0 Å². The zero-order valence-electron chi connectivity index (χ0n) is 15.7. The fraction of sp³-hybridized carbons (Fsp3) is 0.579. The second kappa shape index (κ2) is 9.42. The summed E-state index contributed by atoms with van der Waals surface area (Å²) in [6, 6.07) is 8.51. The molecule has 0 bridgehead atoms. The number of nitrogens with one attached hydrogen (secondary N) is 2. The summed E-state index contributed by atoms with van der Waals surface area (Å²) in [5.74, 6) is -0.783. The Kier molecular flexibility index (Phi) is 7.90. The number of rotatable bonds is 8. The number of carbonyl (C=O) groups is 2. The van der Waals surface area contributed by atoms with Crippen molar-refractivity contribution >= 4 is 12.1 Å². The van der Waals surface area contributed by atoms with Crippen LogP contribution in [0.2, 0.25) is 0 Å². The molecule has 0 unspecified atom stereocenters. The summed E-state index contributed by atoms with van der Waals surface area (Å²) >= 11 is 0. The van der Waals surface area contributed by atoms with E-state index in [0.717, 1.165) is 5.56 Å². The number of hydrogen-bond donors (Lipinski definition) is 3. The van der Waals surface area contributed by atoms with Crippen LogP contribution in [0, 0.1) is 5.92 Å². The van der Waals surface area contributed by atoms with Gasteiger partial charge in [0.25, 0.3) is 0 Å². The minimum Gasteiger partial charge on any atom is -0.480 e. The summed E-state index contributed by atoms with van der Waals surface area (Å²) < 4.78 is 5.27. The summed E-state index contributed by atoms with van der Waals surface area (Å²) in [5.41, 5.74) is 0.374. The lowest BCUT2D eigenvalue weighted by molar-refractivity contribution is -0.139. The van der Waals surface area contributed by atoms with Gasteiger partial charge in [-0.15, -0.1) is 0 Å². The van der Waals surface area contributed by atoms with Gasteiger partial charge in [0.1, 0.15) is 11.6 Å². The molecule has 6 nitrogen and oxygen atoms in total. The number of ether oxygens (including phenoxy) is 1. The van der Waals surface area contributed by atoms with Crippen molar-refractivity contribution in [3.8, 4) is 0 Å². The van der Waals surface area contributed by atoms with Crippen molar-refractivity contribution in [3.63, 3.8) is 0 Å². The summed E-state index contributed by atoms with van der Waals surface area (Å²) in [7, 11) is 0. The molecule has 0 saturated carbocycles. The van der Waals surface area contributed by atoms with E-state index in [-0.39, 0.29) is 12.0 Å². The standard InChI is InChI=1S/C19H30N2O4/c1-13(2)16(21-18(24)25-19(3,4)5)12-20-15(17(22)23)11-14-9-7-6-8-10-14/h6-10,13,15-16,20H,11-12H2,1-5H3,(H,21,24)(H,22,23)/t15-,16+/m0/s1. The van der Waals surface area contributed by atoms with Gasteiger partial charge in [-0.05, 0) is 38.7 Å². The van der Waals surface area contributed by atoms with E-state index >= 15 is 0 Å². The molecule has 0 heterocycles. The van der Waals surface area contributed by atoms with Gasteiger partial charge in [0, 0.05) is 12.6 Å². The SMILES string of the molecule is CC(C)[C@@H](CN[C@@H](Cc1ccccc1)C(=O)O)NC(=O)OC(C)(C)C. The third-order valence-corrected chi connectivity index (χ3v) is 3.67. The van der Waals surface area contributed by atoms with Crippen LogP contribution in [0.1, 0.15) is 40.2 Å². The molecule has 2 atom stereocenters. The van der Waals surface area contributed by atoms with Crippen molar-refractivity contribution in [1.29, 1.82) is 0 Å². The molecule has 0 spiro atoms. The predicted octanol–water partition coefficient (Wildman–Crippen LogP) is 2.82. The fourth-order valence-corrected chi connectivity index (χ4v) is 2.28. The van der Waals surface area contributed by atoms with Crippen molar-refractivity contribution in [2.75, 3.05) is 6.54 Å². The minimum atomic E-state index is -0.913. The van der Waals surface area contributed by atoms with Gasteiger partial charge >= 0.3 is 12.1 Å². The maximum absolute atomic E-state index is 12.0. The van der Waals surface area contributed by atoms with Gasteiger partial charge in [-0.1, -0.05) is 44.2 Å². The number of benzene rings is 1. The van der Waals surface area contributed by atoms with E-state index in [9.17, 15) is 14.7 Å². The van der Waals surface area contributed by atoms with Crippen LogP contribution in [0.5, 0.6) is 0 Å². The van der Waals surface area contributed by atoms with E-state index in [4.69, 9.17) is 4.74 Å². The molecule has 0 aromatic heterocycles. The highest BCUT2D eigenvalue weighted by Crippen LogP contribution is 2.09. The highest BCUT2D eigenvalue weighted by Gasteiger charge is 2.24. The van der Waals surface area contributed by atoms with E-state index in [2.05, 4.69) is 10.6 Å². The maximum Gasteiger partial charge on any atom is 0.407 e. The van der Waals surface area contributed by atoms with Gasteiger partial charge in [0.05, 0.1) is 0 Å². The van der Waals surface area contributed by atoms with E-state index in [0.29, 0.717) is 13.0 Å². The molecule has 25 heavy (non-hydrogen) atoms. The molecule has 6 heteroatoms. The van der Waals surface area contributed by atoms with E-state index in [1.165, 1.54) is 0 Å². The first-order chi connectivity index (χ1) is 11.6. The minimum absolute atomic E-state index is 0.131. The van der Waals surface area contributed by atoms with Gasteiger partial charge in [-0.25, -0.2) is 4.79 Å². The van der Waals surface area contributed by atoms with E-state index in [1.807, 2.05) is 44.2 Å². The van der Waals surface area contributed by atoms with E-state index in [1.54, 1.807) is 20.8 Å². The van der Waals surface area contributed by atoms with Crippen molar-refractivity contribution in [1.82, 2.24) is 10.6 Å². The lowest BCUT2D eigenvalue weighted by Gasteiger charge is -2.27. The monoisotopic (exact) mass is 350 g/mol. The summed E-state index contributed by atoms with van der Waals surface area (Å²) in [6.45, 7) is 9.69. The Morgan fingerprint density at radius 1 is 1.16 bits per heavy atom. The van der Waals surface area contributed by atoms with Crippen LogP contribution >= 0.6 is 0 Å². The summed E-state index contributed by atoms with van der Waals surface area (Å²) in [5, 5.41) is 15.3. The Balaban J connectivity index is 2.64. The van der Waals surface area contributed by atoms with Crippen LogP contribution in [0.15, 0.2) is 30.3 Å². The van der Waals surface area contributed by atoms with Crippen LogP contribution in [0.4, 0.5) is 4.79 Å². The third-order valence-electron chi connectivity index (χ3n) is 3.67.